The second kappa shape index (κ2) is 6.85. The molecule has 112 valence electrons. The lowest BCUT2D eigenvalue weighted by Gasteiger charge is -2.42. The van der Waals surface area contributed by atoms with Gasteiger partial charge in [0, 0.05) is 49.8 Å². The minimum Gasteiger partial charge on any atom is -0.381 e. The van der Waals surface area contributed by atoms with Gasteiger partial charge in [-0.05, 0) is 25.6 Å². The molecule has 1 heterocycles. The van der Waals surface area contributed by atoms with Gasteiger partial charge in [0.2, 0.25) is 0 Å². The zero-order valence-corrected chi connectivity index (χ0v) is 12.7. The van der Waals surface area contributed by atoms with Crippen LogP contribution >= 0.6 is 11.6 Å². The van der Waals surface area contributed by atoms with Gasteiger partial charge >= 0.3 is 0 Å². The van der Waals surface area contributed by atoms with E-state index in [1.807, 2.05) is 7.05 Å². The molecule has 3 nitrogen and oxygen atoms in total. The second-order valence-corrected chi connectivity index (χ2v) is 5.53. The van der Waals surface area contributed by atoms with E-state index in [4.69, 9.17) is 21.1 Å². The van der Waals surface area contributed by atoms with Gasteiger partial charge in [0.1, 0.15) is 5.82 Å². The van der Waals surface area contributed by atoms with Crippen molar-refractivity contribution in [1.82, 2.24) is 5.32 Å². The normalized spacial score (nSPS) is 19.8. The standard InChI is InChI=1S/C15H21ClFNO2/c1-18-14(15(19-2)6-8-20-9-7-15)10-11-12(16)4-3-5-13(11)17/h3-5,14,18H,6-10H2,1-2H3. The maximum atomic E-state index is 14.0. The van der Waals surface area contributed by atoms with E-state index in [9.17, 15) is 4.39 Å². The summed E-state index contributed by atoms with van der Waals surface area (Å²) in [5, 5.41) is 3.72. The van der Waals surface area contributed by atoms with Gasteiger partial charge in [-0.1, -0.05) is 17.7 Å². The third kappa shape index (κ3) is 3.14. The fourth-order valence-corrected chi connectivity index (χ4v) is 3.13. The third-order valence-electron chi connectivity index (χ3n) is 4.20. The summed E-state index contributed by atoms with van der Waals surface area (Å²) in [5.41, 5.74) is 0.204. The largest absolute Gasteiger partial charge is 0.381 e. The highest BCUT2D eigenvalue weighted by atomic mass is 35.5. The van der Waals surface area contributed by atoms with E-state index in [2.05, 4.69) is 5.32 Å². The van der Waals surface area contributed by atoms with Gasteiger partial charge in [0.15, 0.2) is 0 Å². The zero-order valence-electron chi connectivity index (χ0n) is 11.9. The highest BCUT2D eigenvalue weighted by molar-refractivity contribution is 6.31. The van der Waals surface area contributed by atoms with Crippen molar-refractivity contribution >= 4 is 11.6 Å². The van der Waals surface area contributed by atoms with Crippen LogP contribution < -0.4 is 5.32 Å². The van der Waals surface area contributed by atoms with Crippen molar-refractivity contribution in [3.63, 3.8) is 0 Å². The summed E-state index contributed by atoms with van der Waals surface area (Å²) in [6, 6.07) is 4.77. The second-order valence-electron chi connectivity index (χ2n) is 5.13. The van der Waals surface area contributed by atoms with Crippen LogP contribution in [-0.2, 0) is 15.9 Å². The number of hydrogen-bond acceptors (Lipinski definition) is 3. The van der Waals surface area contributed by atoms with Crippen molar-refractivity contribution in [2.24, 2.45) is 0 Å². The number of benzene rings is 1. The maximum absolute atomic E-state index is 14.0. The maximum Gasteiger partial charge on any atom is 0.127 e. The molecule has 1 N–H and O–H groups in total. The topological polar surface area (TPSA) is 30.5 Å². The van der Waals surface area contributed by atoms with E-state index in [1.165, 1.54) is 6.07 Å². The van der Waals surface area contributed by atoms with Crippen LogP contribution in [-0.4, -0.2) is 39.0 Å². The van der Waals surface area contributed by atoms with E-state index < -0.39 is 0 Å². The van der Waals surface area contributed by atoms with E-state index >= 15 is 0 Å². The Hall–Kier alpha value is -0.680. The molecule has 1 aliphatic rings. The van der Waals surface area contributed by atoms with Gasteiger partial charge < -0.3 is 14.8 Å². The summed E-state index contributed by atoms with van der Waals surface area (Å²) in [6.07, 6.45) is 2.08. The van der Waals surface area contributed by atoms with Crippen LogP contribution in [0, 0.1) is 5.82 Å². The number of halogens is 2. The number of nitrogens with one attached hydrogen (secondary N) is 1. The lowest BCUT2D eigenvalue weighted by molar-refractivity contribution is -0.109. The van der Waals surface area contributed by atoms with Crippen LogP contribution in [0.2, 0.25) is 5.02 Å². The fraction of sp³-hybridized carbons (Fsp3) is 0.600. The predicted octanol–water partition coefficient (Wildman–Crippen LogP) is 2.81. The summed E-state index contributed by atoms with van der Waals surface area (Å²) >= 11 is 6.12. The molecule has 0 aliphatic carbocycles. The van der Waals surface area contributed by atoms with Crippen LogP contribution in [0.15, 0.2) is 18.2 Å². The smallest absolute Gasteiger partial charge is 0.127 e. The van der Waals surface area contributed by atoms with Crippen LogP contribution in [0.3, 0.4) is 0 Å². The molecule has 1 saturated heterocycles. The molecule has 0 amide bonds. The molecule has 0 aromatic heterocycles. The van der Waals surface area contributed by atoms with Gasteiger partial charge in [-0.15, -0.1) is 0 Å². The zero-order chi connectivity index (χ0) is 14.6. The van der Waals surface area contributed by atoms with E-state index in [-0.39, 0.29) is 17.5 Å². The van der Waals surface area contributed by atoms with Crippen molar-refractivity contribution < 1.29 is 13.9 Å². The summed E-state index contributed by atoms with van der Waals surface area (Å²) in [6.45, 7) is 1.33. The molecule has 0 radical (unpaired) electrons. The molecule has 0 spiro atoms. The number of ether oxygens (including phenoxy) is 2. The van der Waals surface area contributed by atoms with E-state index in [0.29, 0.717) is 30.2 Å². The number of rotatable bonds is 5. The van der Waals surface area contributed by atoms with Crippen LogP contribution in [0.5, 0.6) is 0 Å². The summed E-state index contributed by atoms with van der Waals surface area (Å²) in [5.74, 6) is -0.268. The Morgan fingerprint density at radius 2 is 2.15 bits per heavy atom. The Morgan fingerprint density at radius 1 is 1.45 bits per heavy atom. The average Bonchev–Trinajstić information content (AvgIpc) is 2.48. The van der Waals surface area contributed by atoms with Gasteiger partial charge in [0.25, 0.3) is 0 Å². The molecule has 2 rings (SSSR count). The summed E-state index contributed by atoms with van der Waals surface area (Å²) in [7, 11) is 3.58. The van der Waals surface area contributed by atoms with Crippen molar-refractivity contribution in [3.8, 4) is 0 Å². The molecule has 5 heteroatoms. The van der Waals surface area contributed by atoms with Gasteiger partial charge in [-0.3, -0.25) is 0 Å². The monoisotopic (exact) mass is 301 g/mol. The van der Waals surface area contributed by atoms with Crippen LogP contribution in [0.1, 0.15) is 18.4 Å². The predicted molar refractivity (Wildman–Crippen MR) is 77.8 cm³/mol. The molecule has 1 atom stereocenters. The van der Waals surface area contributed by atoms with Crippen molar-refractivity contribution in [1.29, 1.82) is 0 Å². The first-order chi connectivity index (χ1) is 9.63. The highest BCUT2D eigenvalue weighted by Crippen LogP contribution is 2.32. The molecule has 1 fully saturated rings. The van der Waals surface area contributed by atoms with E-state index in [1.54, 1.807) is 19.2 Å². The number of likely N-dealkylation sites (N-methyl/N-ethyl adjacent to an activating group) is 1. The Bertz CT molecular complexity index is 429. The lowest BCUT2D eigenvalue weighted by atomic mass is 9.82. The number of methoxy groups -OCH3 is 1. The molecule has 1 aromatic rings. The molecule has 20 heavy (non-hydrogen) atoms. The molecule has 1 unspecified atom stereocenters. The average molecular weight is 302 g/mol. The quantitative estimate of drug-likeness (QED) is 0.907. The number of hydrogen-bond donors (Lipinski definition) is 1. The fourth-order valence-electron chi connectivity index (χ4n) is 2.89. The Morgan fingerprint density at radius 3 is 2.70 bits per heavy atom. The Labute approximate surface area is 124 Å². The van der Waals surface area contributed by atoms with Gasteiger partial charge in [0.05, 0.1) is 5.60 Å². The first-order valence-electron chi connectivity index (χ1n) is 6.86. The summed E-state index contributed by atoms with van der Waals surface area (Å²) in [4.78, 5) is 0. The minimum absolute atomic E-state index is 0.00852. The molecule has 1 aliphatic heterocycles. The first kappa shape index (κ1) is 15.7. The van der Waals surface area contributed by atoms with Crippen LogP contribution in [0.4, 0.5) is 4.39 Å². The molecule has 1 aromatic carbocycles. The van der Waals surface area contributed by atoms with Crippen molar-refractivity contribution in [3.05, 3.63) is 34.6 Å². The van der Waals surface area contributed by atoms with Crippen LogP contribution in [0.25, 0.3) is 0 Å². The minimum atomic E-state index is -0.335. The highest BCUT2D eigenvalue weighted by Gasteiger charge is 2.40. The first-order valence-corrected chi connectivity index (χ1v) is 7.24. The Balaban J connectivity index is 2.23. The molecular weight excluding hydrogens is 281 g/mol. The third-order valence-corrected chi connectivity index (χ3v) is 4.55. The summed E-state index contributed by atoms with van der Waals surface area (Å²) < 4.78 is 25.2. The molecule has 0 bridgehead atoms. The van der Waals surface area contributed by atoms with Crippen molar-refractivity contribution in [2.45, 2.75) is 30.9 Å². The van der Waals surface area contributed by atoms with Gasteiger partial charge in [-0.25, -0.2) is 4.39 Å². The molecule has 0 saturated carbocycles. The SMILES string of the molecule is CNC(Cc1c(F)cccc1Cl)C1(OC)CCOCC1. The molecular formula is C15H21ClFNO2. The van der Waals surface area contributed by atoms with Crippen molar-refractivity contribution in [2.75, 3.05) is 27.4 Å². The van der Waals surface area contributed by atoms with E-state index in [0.717, 1.165) is 12.8 Å². The van der Waals surface area contributed by atoms with Gasteiger partial charge in [-0.2, -0.15) is 0 Å². The Kier molecular flexibility index (Phi) is 5.38. The lowest BCUT2D eigenvalue weighted by Crippen LogP contribution is -2.55.